The molecule has 1 aliphatic heterocycles. The van der Waals surface area contributed by atoms with Crippen molar-refractivity contribution in [3.8, 4) is 0 Å². The van der Waals surface area contributed by atoms with E-state index in [1.165, 1.54) is 5.56 Å². The van der Waals surface area contributed by atoms with Crippen molar-refractivity contribution in [3.63, 3.8) is 0 Å². The Labute approximate surface area is 88.1 Å². The summed E-state index contributed by atoms with van der Waals surface area (Å²) in [6, 6.07) is 7.95. The summed E-state index contributed by atoms with van der Waals surface area (Å²) in [7, 11) is 0. The first-order valence-electron chi connectivity index (χ1n) is 4.95. The number of ether oxygens (including phenoxy) is 1. The molecule has 78 valence electrons. The Morgan fingerprint density at radius 1 is 1.27 bits per heavy atom. The van der Waals surface area contributed by atoms with E-state index in [2.05, 4.69) is 4.74 Å². The van der Waals surface area contributed by atoms with E-state index < -0.39 is 5.97 Å². The van der Waals surface area contributed by atoms with Gasteiger partial charge in [-0.3, -0.25) is 9.59 Å². The molecule has 1 aliphatic rings. The molecule has 2 rings (SSSR count). The Hall–Kier alpha value is -1.64. The lowest BCUT2D eigenvalue weighted by Gasteiger charge is -2.04. The summed E-state index contributed by atoms with van der Waals surface area (Å²) in [5.74, 6) is -1.09. The van der Waals surface area contributed by atoms with Crippen molar-refractivity contribution >= 4 is 11.9 Å². The van der Waals surface area contributed by atoms with Gasteiger partial charge in [0.2, 0.25) is 0 Å². The highest BCUT2D eigenvalue weighted by Gasteiger charge is 2.33. The molecular formula is C12H12O3. The highest BCUT2D eigenvalue weighted by atomic mass is 16.6. The molecule has 1 fully saturated rings. The summed E-state index contributed by atoms with van der Waals surface area (Å²) in [6.07, 6.45) is 0.803. The molecule has 0 bridgehead atoms. The lowest BCUT2D eigenvalue weighted by Crippen LogP contribution is -2.10. The molecule has 0 amide bonds. The number of carbonyl (C=O) groups excluding carboxylic acids is 2. The number of carbonyl (C=O) groups is 2. The van der Waals surface area contributed by atoms with Gasteiger partial charge in [0.15, 0.2) is 0 Å². The topological polar surface area (TPSA) is 43.4 Å². The maximum Gasteiger partial charge on any atom is 0.317 e. The minimum Gasteiger partial charge on any atom is -0.393 e. The average molecular weight is 204 g/mol. The molecule has 1 atom stereocenters. The first-order chi connectivity index (χ1) is 7.15. The highest BCUT2D eigenvalue weighted by molar-refractivity contribution is 5.94. The number of benzene rings is 1. The number of hydrogen-bond acceptors (Lipinski definition) is 3. The van der Waals surface area contributed by atoms with E-state index in [-0.39, 0.29) is 18.3 Å². The van der Waals surface area contributed by atoms with Crippen molar-refractivity contribution in [1.82, 2.24) is 0 Å². The minimum absolute atomic E-state index is 0.215. The standard InChI is InChI=1S/C12H12O3/c1-8-2-4-9(5-3-8)6-10-7-11(13)15-12(10)14/h2-5,10H,6-7H2,1H3/t10-/m0/s1. The summed E-state index contributed by atoms with van der Waals surface area (Å²) >= 11 is 0. The van der Waals surface area contributed by atoms with Crippen LogP contribution in [0, 0.1) is 12.8 Å². The molecule has 0 radical (unpaired) electrons. The van der Waals surface area contributed by atoms with Crippen LogP contribution in [0.15, 0.2) is 24.3 Å². The number of aryl methyl sites for hydroxylation is 1. The quantitative estimate of drug-likeness (QED) is 0.543. The number of hydrogen-bond donors (Lipinski definition) is 0. The predicted molar refractivity (Wildman–Crippen MR) is 54.1 cm³/mol. The van der Waals surface area contributed by atoms with Crippen LogP contribution in [0.5, 0.6) is 0 Å². The van der Waals surface area contributed by atoms with Crippen molar-refractivity contribution in [2.45, 2.75) is 19.8 Å². The third-order valence-corrected chi connectivity index (χ3v) is 2.56. The molecule has 1 aromatic rings. The number of rotatable bonds is 2. The van der Waals surface area contributed by atoms with Crippen LogP contribution in [0.25, 0.3) is 0 Å². The molecule has 0 aromatic heterocycles. The van der Waals surface area contributed by atoms with E-state index in [0.29, 0.717) is 6.42 Å². The first kappa shape index (κ1) is 9.90. The van der Waals surface area contributed by atoms with Crippen molar-refractivity contribution < 1.29 is 14.3 Å². The summed E-state index contributed by atoms with van der Waals surface area (Å²) in [5.41, 5.74) is 2.25. The minimum atomic E-state index is -0.405. The van der Waals surface area contributed by atoms with E-state index in [1.54, 1.807) is 0 Å². The zero-order chi connectivity index (χ0) is 10.8. The normalized spacial score (nSPS) is 20.5. The zero-order valence-electron chi connectivity index (χ0n) is 8.53. The summed E-state index contributed by atoms with van der Waals surface area (Å²) < 4.78 is 4.49. The van der Waals surface area contributed by atoms with Gasteiger partial charge in [0.05, 0.1) is 12.3 Å². The van der Waals surface area contributed by atoms with E-state index >= 15 is 0 Å². The molecule has 3 heteroatoms. The highest BCUT2D eigenvalue weighted by Crippen LogP contribution is 2.20. The lowest BCUT2D eigenvalue weighted by atomic mass is 9.97. The monoisotopic (exact) mass is 204 g/mol. The average Bonchev–Trinajstić information content (AvgIpc) is 2.49. The van der Waals surface area contributed by atoms with E-state index in [9.17, 15) is 9.59 Å². The molecule has 0 N–H and O–H groups in total. The maximum absolute atomic E-state index is 11.2. The summed E-state index contributed by atoms with van der Waals surface area (Å²) in [5, 5.41) is 0. The van der Waals surface area contributed by atoms with Gasteiger partial charge in [-0.1, -0.05) is 29.8 Å². The van der Waals surface area contributed by atoms with E-state index in [0.717, 1.165) is 5.56 Å². The summed E-state index contributed by atoms with van der Waals surface area (Å²) in [6.45, 7) is 2.01. The smallest absolute Gasteiger partial charge is 0.317 e. The molecule has 0 aliphatic carbocycles. The van der Waals surface area contributed by atoms with Gasteiger partial charge >= 0.3 is 11.9 Å². The van der Waals surface area contributed by atoms with Crippen LogP contribution in [0.2, 0.25) is 0 Å². The van der Waals surface area contributed by atoms with Crippen molar-refractivity contribution in [1.29, 1.82) is 0 Å². The van der Waals surface area contributed by atoms with Crippen LogP contribution in [-0.2, 0) is 20.7 Å². The molecular weight excluding hydrogens is 192 g/mol. The molecule has 1 aromatic carbocycles. The largest absolute Gasteiger partial charge is 0.393 e. The van der Waals surface area contributed by atoms with Gasteiger partial charge in [-0.2, -0.15) is 0 Å². The van der Waals surface area contributed by atoms with Gasteiger partial charge < -0.3 is 4.74 Å². The van der Waals surface area contributed by atoms with Crippen LogP contribution in [0.3, 0.4) is 0 Å². The van der Waals surface area contributed by atoms with Crippen LogP contribution in [-0.4, -0.2) is 11.9 Å². The van der Waals surface area contributed by atoms with Gasteiger partial charge in [0.1, 0.15) is 0 Å². The Morgan fingerprint density at radius 2 is 1.93 bits per heavy atom. The Bertz CT molecular complexity index is 392. The number of esters is 2. The van der Waals surface area contributed by atoms with Crippen molar-refractivity contribution in [3.05, 3.63) is 35.4 Å². The second kappa shape index (κ2) is 3.85. The van der Waals surface area contributed by atoms with Gasteiger partial charge in [-0.05, 0) is 18.9 Å². The molecule has 0 spiro atoms. The molecule has 1 heterocycles. The summed E-state index contributed by atoms with van der Waals surface area (Å²) in [4.78, 5) is 22.1. The molecule has 1 saturated heterocycles. The molecule has 0 unspecified atom stereocenters. The van der Waals surface area contributed by atoms with Crippen LogP contribution in [0.4, 0.5) is 0 Å². The first-order valence-corrected chi connectivity index (χ1v) is 4.95. The Morgan fingerprint density at radius 3 is 2.47 bits per heavy atom. The van der Waals surface area contributed by atoms with Crippen LogP contribution < -0.4 is 0 Å². The van der Waals surface area contributed by atoms with Crippen molar-refractivity contribution in [2.75, 3.05) is 0 Å². The van der Waals surface area contributed by atoms with Gasteiger partial charge in [0.25, 0.3) is 0 Å². The fourth-order valence-corrected chi connectivity index (χ4v) is 1.69. The third kappa shape index (κ3) is 2.24. The molecule has 15 heavy (non-hydrogen) atoms. The third-order valence-electron chi connectivity index (χ3n) is 2.56. The van der Waals surface area contributed by atoms with Gasteiger partial charge in [-0.15, -0.1) is 0 Å². The fourth-order valence-electron chi connectivity index (χ4n) is 1.69. The van der Waals surface area contributed by atoms with E-state index in [4.69, 9.17) is 0 Å². The Balaban J connectivity index is 2.06. The Kier molecular flexibility index (Phi) is 2.54. The number of cyclic esters (lactones) is 2. The second-order valence-electron chi connectivity index (χ2n) is 3.88. The second-order valence-corrected chi connectivity index (χ2v) is 3.88. The SMILES string of the molecule is Cc1ccc(C[C@H]2CC(=O)OC2=O)cc1. The van der Waals surface area contributed by atoms with E-state index in [1.807, 2.05) is 31.2 Å². The van der Waals surface area contributed by atoms with Crippen LogP contribution >= 0.6 is 0 Å². The van der Waals surface area contributed by atoms with Gasteiger partial charge in [0, 0.05) is 0 Å². The molecule has 3 nitrogen and oxygen atoms in total. The van der Waals surface area contributed by atoms with Crippen molar-refractivity contribution in [2.24, 2.45) is 5.92 Å². The van der Waals surface area contributed by atoms with Gasteiger partial charge in [-0.25, -0.2) is 0 Å². The fraction of sp³-hybridized carbons (Fsp3) is 0.333. The maximum atomic E-state index is 11.2. The lowest BCUT2D eigenvalue weighted by molar-refractivity contribution is -0.153. The van der Waals surface area contributed by atoms with Crippen LogP contribution in [0.1, 0.15) is 17.5 Å². The zero-order valence-corrected chi connectivity index (χ0v) is 8.53. The predicted octanol–water partition coefficient (Wildman–Crippen LogP) is 1.63. The molecule has 0 saturated carbocycles.